The summed E-state index contributed by atoms with van der Waals surface area (Å²) in [5, 5.41) is 3.73. The van der Waals surface area contributed by atoms with Gasteiger partial charge in [0, 0.05) is 6.04 Å². The standard InChI is InChI=1S/C19H32N2/c1-2-14-20-19(18-11-7-6-8-12-18)13-17-21-15-9-4-3-5-10-16-21/h6-8,11-12,19-20H,2-5,9-10,13-17H2,1H3. The maximum Gasteiger partial charge on any atom is 0.0332 e. The quantitative estimate of drug-likeness (QED) is 0.801. The third-order valence-electron chi connectivity index (χ3n) is 4.53. The average molecular weight is 288 g/mol. The van der Waals surface area contributed by atoms with Crippen molar-refractivity contribution in [3.8, 4) is 0 Å². The predicted molar refractivity (Wildman–Crippen MR) is 91.6 cm³/mol. The summed E-state index contributed by atoms with van der Waals surface area (Å²) in [6.45, 7) is 7.19. The molecular weight excluding hydrogens is 256 g/mol. The van der Waals surface area contributed by atoms with E-state index in [2.05, 4.69) is 47.5 Å². The molecule has 118 valence electrons. The molecule has 1 saturated heterocycles. The molecule has 2 heteroatoms. The van der Waals surface area contributed by atoms with Crippen molar-refractivity contribution >= 4 is 0 Å². The van der Waals surface area contributed by atoms with E-state index in [9.17, 15) is 0 Å². The van der Waals surface area contributed by atoms with Gasteiger partial charge in [-0.05, 0) is 57.4 Å². The first kappa shape index (κ1) is 16.5. The molecule has 1 aromatic carbocycles. The van der Waals surface area contributed by atoms with E-state index in [0.717, 1.165) is 6.54 Å². The highest BCUT2D eigenvalue weighted by Crippen LogP contribution is 2.18. The van der Waals surface area contributed by atoms with Crippen LogP contribution in [0.5, 0.6) is 0 Å². The van der Waals surface area contributed by atoms with Gasteiger partial charge in [-0.2, -0.15) is 0 Å². The van der Waals surface area contributed by atoms with Gasteiger partial charge in [-0.25, -0.2) is 0 Å². The molecule has 0 bridgehead atoms. The van der Waals surface area contributed by atoms with Gasteiger partial charge in [0.1, 0.15) is 0 Å². The Morgan fingerprint density at radius 2 is 1.67 bits per heavy atom. The second-order valence-electron chi connectivity index (χ2n) is 6.32. The lowest BCUT2D eigenvalue weighted by atomic mass is 10.0. The highest BCUT2D eigenvalue weighted by atomic mass is 15.1. The fourth-order valence-electron chi connectivity index (χ4n) is 3.24. The molecule has 1 aromatic rings. The second kappa shape index (κ2) is 9.97. The zero-order valence-corrected chi connectivity index (χ0v) is 13.7. The maximum absolute atomic E-state index is 3.73. The van der Waals surface area contributed by atoms with Crippen LogP contribution in [0.4, 0.5) is 0 Å². The number of likely N-dealkylation sites (tertiary alicyclic amines) is 1. The largest absolute Gasteiger partial charge is 0.310 e. The minimum atomic E-state index is 0.511. The first-order chi connectivity index (χ1) is 10.4. The van der Waals surface area contributed by atoms with Crippen molar-refractivity contribution in [3.63, 3.8) is 0 Å². The van der Waals surface area contributed by atoms with Crippen LogP contribution in [0.2, 0.25) is 0 Å². The maximum atomic E-state index is 3.73. The van der Waals surface area contributed by atoms with E-state index in [4.69, 9.17) is 0 Å². The number of nitrogens with one attached hydrogen (secondary N) is 1. The van der Waals surface area contributed by atoms with Gasteiger partial charge >= 0.3 is 0 Å². The average Bonchev–Trinajstić information content (AvgIpc) is 2.50. The summed E-state index contributed by atoms with van der Waals surface area (Å²) in [7, 11) is 0. The molecule has 1 aliphatic rings. The fraction of sp³-hybridized carbons (Fsp3) is 0.684. The molecule has 1 heterocycles. The van der Waals surface area contributed by atoms with E-state index in [1.165, 1.54) is 70.1 Å². The van der Waals surface area contributed by atoms with Crippen LogP contribution in [-0.2, 0) is 0 Å². The van der Waals surface area contributed by atoms with Crippen LogP contribution < -0.4 is 5.32 Å². The number of hydrogen-bond donors (Lipinski definition) is 1. The smallest absolute Gasteiger partial charge is 0.0332 e. The summed E-state index contributed by atoms with van der Waals surface area (Å²) in [5.41, 5.74) is 1.44. The minimum Gasteiger partial charge on any atom is -0.310 e. The molecule has 2 nitrogen and oxygen atoms in total. The van der Waals surface area contributed by atoms with Crippen molar-refractivity contribution < 1.29 is 0 Å². The molecule has 1 atom stereocenters. The molecular formula is C19H32N2. The van der Waals surface area contributed by atoms with Gasteiger partial charge in [0.2, 0.25) is 0 Å². The number of nitrogens with zero attached hydrogens (tertiary/aromatic N) is 1. The zero-order valence-electron chi connectivity index (χ0n) is 13.7. The molecule has 2 rings (SSSR count). The fourth-order valence-corrected chi connectivity index (χ4v) is 3.24. The van der Waals surface area contributed by atoms with Crippen molar-refractivity contribution in [1.29, 1.82) is 0 Å². The normalized spacial score (nSPS) is 18.9. The Kier molecular flexibility index (Phi) is 7.83. The van der Waals surface area contributed by atoms with Crippen LogP contribution in [-0.4, -0.2) is 31.1 Å². The Balaban J connectivity index is 1.85. The third-order valence-corrected chi connectivity index (χ3v) is 4.53. The Morgan fingerprint density at radius 3 is 2.33 bits per heavy atom. The van der Waals surface area contributed by atoms with Crippen molar-refractivity contribution in [2.24, 2.45) is 0 Å². The summed E-state index contributed by atoms with van der Waals surface area (Å²) < 4.78 is 0. The molecule has 0 aliphatic carbocycles. The summed E-state index contributed by atoms with van der Waals surface area (Å²) in [6, 6.07) is 11.5. The molecule has 0 spiro atoms. The van der Waals surface area contributed by atoms with Crippen LogP contribution >= 0.6 is 0 Å². The Hall–Kier alpha value is -0.860. The van der Waals surface area contributed by atoms with Gasteiger partial charge in [0.25, 0.3) is 0 Å². The van der Waals surface area contributed by atoms with E-state index in [-0.39, 0.29) is 0 Å². The van der Waals surface area contributed by atoms with Gasteiger partial charge in [-0.3, -0.25) is 0 Å². The molecule has 1 aliphatic heterocycles. The minimum absolute atomic E-state index is 0.511. The molecule has 1 N–H and O–H groups in total. The molecule has 0 radical (unpaired) electrons. The molecule has 0 saturated carbocycles. The summed E-state index contributed by atoms with van der Waals surface area (Å²) >= 11 is 0. The summed E-state index contributed by atoms with van der Waals surface area (Å²) in [4.78, 5) is 2.68. The monoisotopic (exact) mass is 288 g/mol. The van der Waals surface area contributed by atoms with Crippen LogP contribution in [0.15, 0.2) is 30.3 Å². The molecule has 0 aromatic heterocycles. The number of benzene rings is 1. The van der Waals surface area contributed by atoms with Crippen LogP contribution in [0, 0.1) is 0 Å². The van der Waals surface area contributed by atoms with E-state index < -0.39 is 0 Å². The second-order valence-corrected chi connectivity index (χ2v) is 6.32. The predicted octanol–water partition coefficient (Wildman–Crippen LogP) is 4.38. The van der Waals surface area contributed by atoms with Gasteiger partial charge < -0.3 is 10.2 Å². The topological polar surface area (TPSA) is 15.3 Å². The summed E-state index contributed by atoms with van der Waals surface area (Å²) in [5.74, 6) is 0. The highest BCUT2D eigenvalue weighted by Gasteiger charge is 2.13. The Labute approximate surface area is 130 Å². The summed E-state index contributed by atoms with van der Waals surface area (Å²) in [6.07, 6.45) is 9.49. The number of rotatable bonds is 7. The van der Waals surface area contributed by atoms with Crippen molar-refractivity contribution in [2.45, 2.75) is 57.9 Å². The SMILES string of the molecule is CCCNC(CCN1CCCCCCC1)c1ccccc1. The molecule has 1 unspecified atom stereocenters. The van der Waals surface area contributed by atoms with Gasteiger partial charge in [-0.15, -0.1) is 0 Å². The molecule has 1 fully saturated rings. The third kappa shape index (κ3) is 6.19. The Bertz CT molecular complexity index is 355. The van der Waals surface area contributed by atoms with Crippen LogP contribution in [0.3, 0.4) is 0 Å². The van der Waals surface area contributed by atoms with Crippen molar-refractivity contribution in [3.05, 3.63) is 35.9 Å². The number of hydrogen-bond acceptors (Lipinski definition) is 2. The van der Waals surface area contributed by atoms with Crippen molar-refractivity contribution in [1.82, 2.24) is 10.2 Å². The first-order valence-corrected chi connectivity index (χ1v) is 8.91. The lowest BCUT2D eigenvalue weighted by molar-refractivity contribution is 0.234. The van der Waals surface area contributed by atoms with Gasteiger partial charge in [0.15, 0.2) is 0 Å². The molecule has 21 heavy (non-hydrogen) atoms. The zero-order chi connectivity index (χ0) is 14.8. The lowest BCUT2D eigenvalue weighted by Gasteiger charge is -2.27. The van der Waals surface area contributed by atoms with E-state index in [1.807, 2.05) is 0 Å². The first-order valence-electron chi connectivity index (χ1n) is 8.91. The van der Waals surface area contributed by atoms with E-state index in [1.54, 1.807) is 0 Å². The molecule has 0 amide bonds. The van der Waals surface area contributed by atoms with E-state index in [0.29, 0.717) is 6.04 Å². The highest BCUT2D eigenvalue weighted by molar-refractivity contribution is 5.18. The van der Waals surface area contributed by atoms with E-state index >= 15 is 0 Å². The Morgan fingerprint density at radius 1 is 1.00 bits per heavy atom. The van der Waals surface area contributed by atoms with Crippen LogP contribution in [0.1, 0.15) is 63.5 Å². The van der Waals surface area contributed by atoms with Crippen LogP contribution in [0.25, 0.3) is 0 Å². The lowest BCUT2D eigenvalue weighted by Crippen LogP contribution is -2.32. The van der Waals surface area contributed by atoms with Crippen molar-refractivity contribution in [2.75, 3.05) is 26.2 Å². The van der Waals surface area contributed by atoms with Gasteiger partial charge in [0.05, 0.1) is 0 Å². The van der Waals surface area contributed by atoms with Gasteiger partial charge in [-0.1, -0.05) is 56.5 Å².